The summed E-state index contributed by atoms with van der Waals surface area (Å²) in [4.78, 5) is 0. The van der Waals surface area contributed by atoms with Crippen molar-refractivity contribution in [1.29, 1.82) is 0 Å². The first-order valence-corrected chi connectivity index (χ1v) is 5.98. The van der Waals surface area contributed by atoms with E-state index in [2.05, 4.69) is 6.58 Å². The number of aromatic nitrogens is 1. The minimum atomic E-state index is 0.276. The molecule has 0 spiro atoms. The molecule has 1 aromatic rings. The van der Waals surface area contributed by atoms with Crippen molar-refractivity contribution in [3.05, 3.63) is 23.8 Å². The molecule has 0 unspecified atom stereocenters. The summed E-state index contributed by atoms with van der Waals surface area (Å²) in [6.07, 6.45) is 8.31. The van der Waals surface area contributed by atoms with Gasteiger partial charge in [0.25, 0.3) is 0 Å². The lowest BCUT2D eigenvalue weighted by molar-refractivity contribution is 0.356. The van der Waals surface area contributed by atoms with Crippen molar-refractivity contribution in [3.8, 4) is 11.8 Å². The van der Waals surface area contributed by atoms with E-state index in [4.69, 9.17) is 0 Å². The summed E-state index contributed by atoms with van der Waals surface area (Å²) in [6, 6.07) is 0. The van der Waals surface area contributed by atoms with Gasteiger partial charge in [0.15, 0.2) is 11.8 Å². The number of fused-ring (bicyclic) bond motifs is 1. The molecule has 2 rings (SSSR count). The fourth-order valence-corrected chi connectivity index (χ4v) is 2.11. The molecule has 88 valence electrons. The third kappa shape index (κ3) is 2.08. The molecule has 0 aromatic carbocycles. The highest BCUT2D eigenvalue weighted by atomic mass is 16.3. The Morgan fingerprint density at radius 3 is 2.31 bits per heavy atom. The molecule has 1 aromatic heterocycles. The Kier molecular flexibility index (Phi) is 3.22. The zero-order valence-corrected chi connectivity index (χ0v) is 9.58. The molecule has 3 heteroatoms. The van der Waals surface area contributed by atoms with Gasteiger partial charge in [0.2, 0.25) is 0 Å². The van der Waals surface area contributed by atoms with E-state index in [0.29, 0.717) is 0 Å². The van der Waals surface area contributed by atoms with E-state index in [0.717, 1.165) is 43.4 Å². The van der Waals surface area contributed by atoms with Crippen LogP contribution < -0.4 is 0 Å². The summed E-state index contributed by atoms with van der Waals surface area (Å²) in [6.45, 7) is 4.41. The predicted octanol–water partition coefficient (Wildman–Crippen LogP) is 2.94. The van der Waals surface area contributed by atoms with E-state index in [9.17, 15) is 10.2 Å². The summed E-state index contributed by atoms with van der Waals surface area (Å²) in [7, 11) is 0. The van der Waals surface area contributed by atoms with E-state index in [1.54, 1.807) is 4.57 Å². The highest BCUT2D eigenvalue weighted by molar-refractivity contribution is 5.59. The molecule has 1 aliphatic rings. The number of rotatable bonds is 7. The SMILES string of the molecule is C=CCCCCCCn1c(O)c2c(c1O)C2. The van der Waals surface area contributed by atoms with Crippen LogP contribution in [0.2, 0.25) is 0 Å². The van der Waals surface area contributed by atoms with Gasteiger partial charge in [0.05, 0.1) is 0 Å². The van der Waals surface area contributed by atoms with Crippen LogP contribution in [0.15, 0.2) is 12.7 Å². The molecule has 0 radical (unpaired) electrons. The molecule has 2 N–H and O–H groups in total. The van der Waals surface area contributed by atoms with E-state index in [1.165, 1.54) is 12.8 Å². The zero-order chi connectivity index (χ0) is 11.5. The molecular weight excluding hydrogens is 202 g/mol. The van der Waals surface area contributed by atoms with Crippen LogP contribution in [0.5, 0.6) is 11.8 Å². The fourth-order valence-electron chi connectivity index (χ4n) is 2.11. The van der Waals surface area contributed by atoms with Crippen LogP contribution in [-0.2, 0) is 13.0 Å². The highest BCUT2D eigenvalue weighted by Gasteiger charge is 2.32. The number of unbranched alkanes of at least 4 members (excludes halogenated alkanes) is 4. The van der Waals surface area contributed by atoms with Crippen LogP contribution in [0, 0.1) is 0 Å². The quantitative estimate of drug-likeness (QED) is 0.557. The third-order valence-corrected chi connectivity index (χ3v) is 3.18. The van der Waals surface area contributed by atoms with Crippen LogP contribution >= 0.6 is 0 Å². The van der Waals surface area contributed by atoms with Crippen LogP contribution in [-0.4, -0.2) is 14.8 Å². The maximum Gasteiger partial charge on any atom is 0.197 e. The van der Waals surface area contributed by atoms with E-state index >= 15 is 0 Å². The Labute approximate surface area is 96.0 Å². The second-order valence-corrected chi connectivity index (χ2v) is 4.42. The first-order valence-electron chi connectivity index (χ1n) is 5.98. The first kappa shape index (κ1) is 11.1. The Morgan fingerprint density at radius 2 is 1.69 bits per heavy atom. The van der Waals surface area contributed by atoms with Gasteiger partial charge in [-0.15, -0.1) is 6.58 Å². The van der Waals surface area contributed by atoms with Crippen LogP contribution in [0.4, 0.5) is 0 Å². The summed E-state index contributed by atoms with van der Waals surface area (Å²) in [5.41, 5.74) is 1.87. The second-order valence-electron chi connectivity index (χ2n) is 4.42. The van der Waals surface area contributed by atoms with Gasteiger partial charge in [-0.1, -0.05) is 18.9 Å². The summed E-state index contributed by atoms with van der Waals surface area (Å²) in [5, 5.41) is 19.4. The number of hydrogen-bond donors (Lipinski definition) is 2. The van der Waals surface area contributed by atoms with Crippen molar-refractivity contribution < 1.29 is 10.2 Å². The second kappa shape index (κ2) is 4.64. The molecule has 3 nitrogen and oxygen atoms in total. The molecule has 1 aliphatic carbocycles. The highest BCUT2D eigenvalue weighted by Crippen LogP contribution is 2.46. The van der Waals surface area contributed by atoms with Gasteiger partial charge in [-0.2, -0.15) is 0 Å². The molecule has 0 saturated heterocycles. The van der Waals surface area contributed by atoms with Crippen molar-refractivity contribution in [2.75, 3.05) is 0 Å². The van der Waals surface area contributed by atoms with Gasteiger partial charge < -0.3 is 10.2 Å². The van der Waals surface area contributed by atoms with Crippen LogP contribution in [0.1, 0.15) is 43.2 Å². The van der Waals surface area contributed by atoms with Crippen LogP contribution in [0.3, 0.4) is 0 Å². The Balaban J connectivity index is 1.72. The number of allylic oxidation sites excluding steroid dienone is 1. The van der Waals surface area contributed by atoms with Crippen molar-refractivity contribution >= 4 is 0 Å². The summed E-state index contributed by atoms with van der Waals surface area (Å²) >= 11 is 0. The third-order valence-electron chi connectivity index (χ3n) is 3.18. The lowest BCUT2D eigenvalue weighted by Crippen LogP contribution is -1.98. The average Bonchev–Trinajstić information content (AvgIpc) is 3.02. The Morgan fingerprint density at radius 1 is 1.06 bits per heavy atom. The van der Waals surface area contributed by atoms with Gasteiger partial charge in [-0.05, 0) is 19.3 Å². The van der Waals surface area contributed by atoms with Gasteiger partial charge >= 0.3 is 0 Å². The van der Waals surface area contributed by atoms with Crippen molar-refractivity contribution in [2.45, 2.75) is 45.1 Å². The molecule has 16 heavy (non-hydrogen) atoms. The zero-order valence-electron chi connectivity index (χ0n) is 9.58. The predicted molar refractivity (Wildman–Crippen MR) is 63.8 cm³/mol. The normalized spacial score (nSPS) is 12.5. The van der Waals surface area contributed by atoms with Crippen molar-refractivity contribution in [1.82, 2.24) is 4.57 Å². The Bertz CT molecular complexity index is 368. The minimum Gasteiger partial charge on any atom is -0.494 e. The lowest BCUT2D eigenvalue weighted by Gasteiger charge is -2.08. The van der Waals surface area contributed by atoms with Gasteiger partial charge in [-0.3, -0.25) is 4.57 Å². The van der Waals surface area contributed by atoms with E-state index in [-0.39, 0.29) is 11.8 Å². The maximum absolute atomic E-state index is 9.70. The van der Waals surface area contributed by atoms with Gasteiger partial charge in [0, 0.05) is 24.1 Å². The van der Waals surface area contributed by atoms with Crippen LogP contribution in [0.25, 0.3) is 0 Å². The smallest absolute Gasteiger partial charge is 0.197 e. The van der Waals surface area contributed by atoms with Gasteiger partial charge in [-0.25, -0.2) is 0 Å². The molecule has 0 fully saturated rings. The monoisotopic (exact) mass is 221 g/mol. The largest absolute Gasteiger partial charge is 0.494 e. The Hall–Kier alpha value is -1.38. The first-order chi connectivity index (χ1) is 7.75. The van der Waals surface area contributed by atoms with Crippen molar-refractivity contribution in [3.63, 3.8) is 0 Å². The van der Waals surface area contributed by atoms with Crippen molar-refractivity contribution in [2.24, 2.45) is 0 Å². The molecule has 0 atom stereocenters. The maximum atomic E-state index is 9.70. The van der Waals surface area contributed by atoms with E-state index < -0.39 is 0 Å². The summed E-state index contributed by atoms with van der Waals surface area (Å²) in [5.74, 6) is 0.553. The number of nitrogens with zero attached hydrogens (tertiary/aromatic N) is 1. The molecule has 0 bridgehead atoms. The molecule has 0 amide bonds. The molecule has 1 heterocycles. The number of aromatic hydroxyl groups is 2. The average molecular weight is 221 g/mol. The fraction of sp³-hybridized carbons (Fsp3) is 0.538. The van der Waals surface area contributed by atoms with Gasteiger partial charge in [0.1, 0.15) is 0 Å². The topological polar surface area (TPSA) is 45.4 Å². The molecule has 0 saturated carbocycles. The number of hydrogen-bond acceptors (Lipinski definition) is 2. The summed E-state index contributed by atoms with van der Waals surface area (Å²) < 4.78 is 1.63. The van der Waals surface area contributed by atoms with E-state index in [1.807, 2.05) is 6.08 Å². The molecule has 0 aliphatic heterocycles. The minimum absolute atomic E-state index is 0.276. The molecular formula is C13H19NO2. The standard InChI is InChI=1S/C13H19NO2/c1-2-3-4-5-6-7-8-14-12(15)10-9-11(10)13(14)16/h2,15-16H,1,3-9H2. The lowest BCUT2D eigenvalue weighted by atomic mass is 10.1.